The van der Waals surface area contributed by atoms with Crippen LogP contribution in [0.1, 0.15) is 38.1 Å². The molecule has 0 fully saturated rings. The summed E-state index contributed by atoms with van der Waals surface area (Å²) in [7, 11) is 0. The average molecular weight is 409 g/mol. The first kappa shape index (κ1) is 21.4. The molecule has 1 N–H and O–H groups in total. The molecule has 1 unspecified atom stereocenters. The van der Waals surface area contributed by atoms with Crippen LogP contribution in [0.5, 0.6) is 5.75 Å². The first-order valence-corrected chi connectivity index (χ1v) is 10.1. The minimum atomic E-state index is -0.773. The Morgan fingerprint density at radius 3 is 2.40 bits per heavy atom. The Kier molecular flexibility index (Phi) is 6.40. The van der Waals surface area contributed by atoms with Gasteiger partial charge in [-0.2, -0.15) is 0 Å². The monoisotopic (exact) mass is 409 g/mol. The highest BCUT2D eigenvalue weighted by Crippen LogP contribution is 2.34. The molecule has 7 heteroatoms. The van der Waals surface area contributed by atoms with E-state index in [4.69, 9.17) is 4.74 Å². The second-order valence-corrected chi connectivity index (χ2v) is 7.18. The normalized spacial score (nSPS) is 13.9. The molecule has 0 saturated carbocycles. The summed E-state index contributed by atoms with van der Waals surface area (Å²) < 4.78 is 5.47. The molecule has 0 radical (unpaired) electrons. The number of nitrogens with zero attached hydrogens (tertiary/aromatic N) is 2. The molecule has 30 heavy (non-hydrogen) atoms. The zero-order chi connectivity index (χ0) is 21.8. The predicted octanol–water partition coefficient (Wildman–Crippen LogP) is 3.49. The third-order valence-electron chi connectivity index (χ3n) is 5.28. The van der Waals surface area contributed by atoms with Crippen molar-refractivity contribution in [2.45, 2.75) is 33.7 Å². The highest BCUT2D eigenvalue weighted by molar-refractivity contribution is 6.07. The number of ether oxygens (including phenoxy) is 1. The highest BCUT2D eigenvalue weighted by atomic mass is 16.5. The fraction of sp³-hybridized carbons (Fsp3) is 0.348. The number of hydrogen-bond acceptors (Lipinski definition) is 5. The zero-order valence-electron chi connectivity index (χ0n) is 17.8. The third kappa shape index (κ3) is 4.30. The number of carbonyl (C=O) groups is 3. The number of amides is 2. The van der Waals surface area contributed by atoms with E-state index < -0.39 is 6.04 Å². The van der Waals surface area contributed by atoms with Gasteiger partial charge in [0, 0.05) is 30.0 Å². The molecule has 1 atom stereocenters. The summed E-state index contributed by atoms with van der Waals surface area (Å²) in [6.45, 7) is 8.95. The van der Waals surface area contributed by atoms with Gasteiger partial charge in [0.15, 0.2) is 12.4 Å². The summed E-state index contributed by atoms with van der Waals surface area (Å²) in [4.78, 5) is 40.8. The van der Waals surface area contributed by atoms with Crippen molar-refractivity contribution >= 4 is 34.7 Å². The first-order valence-electron chi connectivity index (χ1n) is 10.1. The van der Waals surface area contributed by atoms with Gasteiger partial charge in [-0.1, -0.05) is 0 Å². The van der Waals surface area contributed by atoms with Crippen LogP contribution in [0.3, 0.4) is 0 Å². The average Bonchev–Trinajstić information content (AvgIpc) is 2.74. The number of anilines is 3. The second kappa shape index (κ2) is 8.98. The van der Waals surface area contributed by atoms with Crippen molar-refractivity contribution in [2.24, 2.45) is 0 Å². The number of ketones is 1. The van der Waals surface area contributed by atoms with Crippen LogP contribution in [-0.2, 0) is 9.59 Å². The molecule has 1 aliphatic rings. The molecule has 1 aliphatic heterocycles. The van der Waals surface area contributed by atoms with Gasteiger partial charge in [0.2, 0.25) is 5.91 Å². The van der Waals surface area contributed by atoms with Gasteiger partial charge in [0.05, 0.1) is 5.69 Å². The van der Waals surface area contributed by atoms with Gasteiger partial charge < -0.3 is 15.0 Å². The number of carbonyl (C=O) groups excluding carboxylic acids is 3. The fourth-order valence-corrected chi connectivity index (χ4v) is 3.52. The van der Waals surface area contributed by atoms with Crippen molar-refractivity contribution in [3.63, 3.8) is 0 Å². The van der Waals surface area contributed by atoms with Crippen molar-refractivity contribution in [3.05, 3.63) is 48.0 Å². The van der Waals surface area contributed by atoms with Crippen LogP contribution in [0, 0.1) is 0 Å². The lowest BCUT2D eigenvalue weighted by Gasteiger charge is -2.33. The van der Waals surface area contributed by atoms with E-state index in [0.29, 0.717) is 22.7 Å². The maximum atomic E-state index is 12.9. The maximum Gasteiger partial charge on any atom is 0.265 e. The Hall–Kier alpha value is -3.35. The smallest absolute Gasteiger partial charge is 0.265 e. The van der Waals surface area contributed by atoms with E-state index in [1.165, 1.54) is 11.8 Å². The Labute approximate surface area is 176 Å². The Bertz CT molecular complexity index is 951. The van der Waals surface area contributed by atoms with Crippen molar-refractivity contribution < 1.29 is 19.1 Å². The van der Waals surface area contributed by atoms with E-state index in [9.17, 15) is 14.4 Å². The molecule has 0 spiro atoms. The number of fused-ring (bicyclic) bond motifs is 1. The van der Waals surface area contributed by atoms with E-state index in [1.54, 1.807) is 25.1 Å². The molecule has 158 valence electrons. The van der Waals surface area contributed by atoms with Gasteiger partial charge in [0.25, 0.3) is 5.91 Å². The van der Waals surface area contributed by atoms with Crippen LogP contribution >= 0.6 is 0 Å². The van der Waals surface area contributed by atoms with Crippen LogP contribution in [0.2, 0.25) is 0 Å². The highest BCUT2D eigenvalue weighted by Gasteiger charge is 2.33. The molecular weight excluding hydrogens is 382 g/mol. The molecule has 1 heterocycles. The summed E-state index contributed by atoms with van der Waals surface area (Å²) >= 11 is 0. The number of hydrogen-bond donors (Lipinski definition) is 1. The lowest BCUT2D eigenvalue weighted by Crippen LogP contribution is -2.49. The summed E-state index contributed by atoms with van der Waals surface area (Å²) in [6.07, 6.45) is 0. The van der Waals surface area contributed by atoms with Crippen LogP contribution in [0.4, 0.5) is 17.1 Å². The van der Waals surface area contributed by atoms with Crippen LogP contribution in [0.15, 0.2) is 42.5 Å². The SMILES string of the molecule is CCN(CC)c1ccc(NC(=O)C(C)N2C(=O)COc3ccc(C(C)=O)cc32)cc1. The summed E-state index contributed by atoms with van der Waals surface area (Å²) in [5.41, 5.74) is 2.62. The topological polar surface area (TPSA) is 79.0 Å². The molecule has 0 bridgehead atoms. The van der Waals surface area contributed by atoms with Gasteiger partial charge in [0.1, 0.15) is 11.8 Å². The Morgan fingerprint density at radius 2 is 1.80 bits per heavy atom. The fourth-order valence-electron chi connectivity index (χ4n) is 3.52. The minimum Gasteiger partial charge on any atom is -0.482 e. The molecule has 2 aromatic carbocycles. The van der Waals surface area contributed by atoms with E-state index in [0.717, 1.165) is 18.8 Å². The summed E-state index contributed by atoms with van der Waals surface area (Å²) in [6, 6.07) is 11.7. The molecule has 2 amide bonds. The van der Waals surface area contributed by atoms with E-state index >= 15 is 0 Å². The van der Waals surface area contributed by atoms with Crippen LogP contribution < -0.4 is 19.9 Å². The first-order chi connectivity index (χ1) is 14.3. The summed E-state index contributed by atoms with van der Waals surface area (Å²) in [5.74, 6) is -0.299. The molecule has 0 aliphatic carbocycles. The van der Waals surface area contributed by atoms with E-state index in [1.807, 2.05) is 24.3 Å². The molecule has 2 aromatic rings. The van der Waals surface area contributed by atoms with E-state index in [2.05, 4.69) is 24.1 Å². The molecule has 7 nitrogen and oxygen atoms in total. The van der Waals surface area contributed by atoms with Crippen molar-refractivity contribution in [2.75, 3.05) is 34.8 Å². The van der Waals surface area contributed by atoms with Gasteiger partial charge in [-0.25, -0.2) is 0 Å². The van der Waals surface area contributed by atoms with Crippen LogP contribution in [-0.4, -0.2) is 43.3 Å². The van der Waals surface area contributed by atoms with E-state index in [-0.39, 0.29) is 24.2 Å². The Balaban J connectivity index is 1.80. The van der Waals surface area contributed by atoms with Crippen molar-refractivity contribution in [3.8, 4) is 5.75 Å². The quantitative estimate of drug-likeness (QED) is 0.708. The number of rotatable bonds is 7. The molecule has 0 saturated heterocycles. The lowest BCUT2D eigenvalue weighted by atomic mass is 10.1. The standard InChI is InChI=1S/C23H27N3O4/c1-5-25(6-2)19-10-8-18(9-11-19)24-23(29)15(3)26-20-13-17(16(4)27)7-12-21(20)30-14-22(26)28/h7-13,15H,5-6,14H2,1-4H3,(H,24,29). The minimum absolute atomic E-state index is 0.124. The zero-order valence-corrected chi connectivity index (χ0v) is 17.8. The molecule has 0 aromatic heterocycles. The van der Waals surface area contributed by atoms with Crippen LogP contribution in [0.25, 0.3) is 0 Å². The van der Waals surface area contributed by atoms with Crippen molar-refractivity contribution in [1.82, 2.24) is 0 Å². The lowest BCUT2D eigenvalue weighted by molar-refractivity contribution is -0.125. The van der Waals surface area contributed by atoms with Crippen molar-refractivity contribution in [1.29, 1.82) is 0 Å². The third-order valence-corrected chi connectivity index (χ3v) is 5.28. The Morgan fingerprint density at radius 1 is 1.13 bits per heavy atom. The van der Waals surface area contributed by atoms with Gasteiger partial charge in [-0.15, -0.1) is 0 Å². The maximum absolute atomic E-state index is 12.9. The largest absolute Gasteiger partial charge is 0.482 e. The number of nitrogens with one attached hydrogen (secondary N) is 1. The molecule has 3 rings (SSSR count). The predicted molar refractivity (Wildman–Crippen MR) is 118 cm³/mol. The summed E-state index contributed by atoms with van der Waals surface area (Å²) in [5, 5.41) is 2.87. The van der Waals surface area contributed by atoms with Gasteiger partial charge >= 0.3 is 0 Å². The second-order valence-electron chi connectivity index (χ2n) is 7.18. The number of Topliss-reactive ketones (excluding diaryl/α,β-unsaturated/α-hetero) is 1. The van der Waals surface area contributed by atoms with Gasteiger partial charge in [-0.05, 0) is 70.2 Å². The molecular formula is C23H27N3O4. The van der Waals surface area contributed by atoms with Gasteiger partial charge in [-0.3, -0.25) is 19.3 Å². The number of benzene rings is 2.